The van der Waals surface area contributed by atoms with Gasteiger partial charge in [-0.3, -0.25) is 0 Å². The molecule has 0 saturated carbocycles. The normalized spacial score (nSPS) is 22.3. The summed E-state index contributed by atoms with van der Waals surface area (Å²) in [5.41, 5.74) is 4.05. The third-order valence-electron chi connectivity index (χ3n) is 2.89. The molecular formula is C15H12. The number of hydrogen-bond donors (Lipinski definition) is 0. The zero-order chi connectivity index (χ0) is 10.1. The van der Waals surface area contributed by atoms with Gasteiger partial charge in [-0.2, -0.15) is 0 Å². The van der Waals surface area contributed by atoms with Gasteiger partial charge in [0.1, 0.15) is 0 Å². The first-order chi connectivity index (χ1) is 7.43. The molecule has 0 bridgehead atoms. The largest absolute Gasteiger partial charge is 0.0732 e. The van der Waals surface area contributed by atoms with Crippen LogP contribution in [0, 0.1) is 5.92 Å². The second-order valence-corrected chi connectivity index (χ2v) is 3.90. The van der Waals surface area contributed by atoms with Crippen molar-refractivity contribution in [3.63, 3.8) is 0 Å². The molecule has 1 unspecified atom stereocenters. The fourth-order valence-corrected chi connectivity index (χ4v) is 2.10. The summed E-state index contributed by atoms with van der Waals surface area (Å²) in [6.07, 6.45) is 13.3. The molecule has 0 amide bonds. The third-order valence-corrected chi connectivity index (χ3v) is 2.89. The lowest BCUT2D eigenvalue weighted by Gasteiger charge is -2.06. The minimum atomic E-state index is 0.491. The predicted octanol–water partition coefficient (Wildman–Crippen LogP) is 3.75. The summed E-state index contributed by atoms with van der Waals surface area (Å²) < 4.78 is 0. The summed E-state index contributed by atoms with van der Waals surface area (Å²) in [4.78, 5) is 0. The first-order valence-electron chi connectivity index (χ1n) is 5.27. The zero-order valence-electron chi connectivity index (χ0n) is 8.43. The van der Waals surface area contributed by atoms with Gasteiger partial charge in [0.15, 0.2) is 0 Å². The Kier molecular flexibility index (Phi) is 1.92. The van der Waals surface area contributed by atoms with Crippen LogP contribution in [-0.2, 0) is 0 Å². The molecule has 3 rings (SSSR count). The number of benzene rings is 1. The van der Waals surface area contributed by atoms with Crippen LogP contribution in [0.2, 0.25) is 0 Å². The van der Waals surface area contributed by atoms with Crippen molar-refractivity contribution in [3.05, 3.63) is 77.9 Å². The van der Waals surface area contributed by atoms with Gasteiger partial charge in [-0.05, 0) is 16.7 Å². The van der Waals surface area contributed by atoms with Crippen LogP contribution in [0.3, 0.4) is 0 Å². The molecule has 2 aliphatic rings. The van der Waals surface area contributed by atoms with Crippen LogP contribution < -0.4 is 0 Å². The molecule has 15 heavy (non-hydrogen) atoms. The first kappa shape index (κ1) is 8.49. The van der Waals surface area contributed by atoms with Crippen molar-refractivity contribution in [1.82, 2.24) is 0 Å². The molecule has 0 saturated heterocycles. The molecule has 0 aromatic heterocycles. The molecule has 1 aromatic carbocycles. The average Bonchev–Trinajstić information content (AvgIpc) is 2.74. The molecule has 0 nitrogen and oxygen atoms in total. The average molecular weight is 192 g/mol. The van der Waals surface area contributed by atoms with Gasteiger partial charge >= 0.3 is 0 Å². The van der Waals surface area contributed by atoms with Gasteiger partial charge < -0.3 is 0 Å². The SMILES string of the molecule is C1=CC2=CC(c3ccccc3)=CC2C=C1. The highest BCUT2D eigenvalue weighted by molar-refractivity contribution is 5.80. The lowest BCUT2D eigenvalue weighted by Crippen LogP contribution is -1.92. The molecule has 1 aromatic rings. The van der Waals surface area contributed by atoms with Gasteiger partial charge in [-0.15, -0.1) is 0 Å². The number of rotatable bonds is 1. The highest BCUT2D eigenvalue weighted by Gasteiger charge is 2.16. The maximum absolute atomic E-state index is 2.32. The number of hydrogen-bond acceptors (Lipinski definition) is 0. The summed E-state index contributed by atoms with van der Waals surface area (Å²) in [6, 6.07) is 10.5. The summed E-state index contributed by atoms with van der Waals surface area (Å²) in [5.74, 6) is 0.491. The van der Waals surface area contributed by atoms with Crippen molar-refractivity contribution in [3.8, 4) is 0 Å². The second kappa shape index (κ2) is 3.39. The molecule has 0 radical (unpaired) electrons. The quantitative estimate of drug-likeness (QED) is 0.635. The smallest absolute Gasteiger partial charge is 0.0211 e. The van der Waals surface area contributed by atoms with E-state index < -0.39 is 0 Å². The summed E-state index contributed by atoms with van der Waals surface area (Å²) >= 11 is 0. The van der Waals surface area contributed by atoms with Crippen LogP contribution in [0.4, 0.5) is 0 Å². The van der Waals surface area contributed by atoms with E-state index in [0.29, 0.717) is 5.92 Å². The summed E-state index contributed by atoms with van der Waals surface area (Å²) in [7, 11) is 0. The number of fused-ring (bicyclic) bond motifs is 1. The zero-order valence-corrected chi connectivity index (χ0v) is 8.43. The summed E-state index contributed by atoms with van der Waals surface area (Å²) in [6.45, 7) is 0. The maximum Gasteiger partial charge on any atom is 0.0211 e. The Bertz CT molecular complexity index is 484. The van der Waals surface area contributed by atoms with Gasteiger partial charge in [0, 0.05) is 5.92 Å². The fourth-order valence-electron chi connectivity index (χ4n) is 2.10. The molecule has 0 fully saturated rings. The molecule has 72 valence electrons. The Balaban J connectivity index is 2.01. The molecule has 0 aliphatic heterocycles. The van der Waals surface area contributed by atoms with E-state index in [1.54, 1.807) is 0 Å². The van der Waals surface area contributed by atoms with Gasteiger partial charge in [-0.1, -0.05) is 66.8 Å². The summed E-state index contributed by atoms with van der Waals surface area (Å²) in [5, 5.41) is 0. The van der Waals surface area contributed by atoms with Crippen molar-refractivity contribution in [1.29, 1.82) is 0 Å². The van der Waals surface area contributed by atoms with Crippen molar-refractivity contribution in [2.75, 3.05) is 0 Å². The second-order valence-electron chi connectivity index (χ2n) is 3.90. The molecule has 2 aliphatic carbocycles. The Morgan fingerprint density at radius 3 is 2.60 bits per heavy atom. The first-order valence-corrected chi connectivity index (χ1v) is 5.27. The van der Waals surface area contributed by atoms with Gasteiger partial charge in [0.2, 0.25) is 0 Å². The van der Waals surface area contributed by atoms with E-state index in [2.05, 4.69) is 66.8 Å². The van der Waals surface area contributed by atoms with E-state index in [4.69, 9.17) is 0 Å². The molecule has 0 heterocycles. The Hall–Kier alpha value is -1.82. The highest BCUT2D eigenvalue weighted by atomic mass is 14.2. The Morgan fingerprint density at radius 1 is 0.933 bits per heavy atom. The van der Waals surface area contributed by atoms with Crippen LogP contribution in [0.1, 0.15) is 5.56 Å². The Morgan fingerprint density at radius 2 is 1.80 bits per heavy atom. The lowest BCUT2D eigenvalue weighted by atomic mass is 9.98. The third kappa shape index (κ3) is 1.48. The fraction of sp³-hybridized carbons (Fsp3) is 0.0667. The van der Waals surface area contributed by atoms with E-state index in [0.717, 1.165) is 0 Å². The number of allylic oxidation sites excluding steroid dienone is 8. The van der Waals surface area contributed by atoms with Crippen molar-refractivity contribution >= 4 is 5.57 Å². The predicted molar refractivity (Wildman–Crippen MR) is 64.3 cm³/mol. The van der Waals surface area contributed by atoms with E-state index in [-0.39, 0.29) is 0 Å². The van der Waals surface area contributed by atoms with Crippen LogP contribution in [0.25, 0.3) is 5.57 Å². The maximum atomic E-state index is 2.32. The lowest BCUT2D eigenvalue weighted by molar-refractivity contribution is 1.02. The van der Waals surface area contributed by atoms with E-state index in [1.807, 2.05) is 0 Å². The van der Waals surface area contributed by atoms with Crippen LogP contribution in [0.15, 0.2) is 72.4 Å². The van der Waals surface area contributed by atoms with Gasteiger partial charge in [0.25, 0.3) is 0 Å². The van der Waals surface area contributed by atoms with Crippen molar-refractivity contribution in [2.45, 2.75) is 0 Å². The van der Waals surface area contributed by atoms with E-state index >= 15 is 0 Å². The van der Waals surface area contributed by atoms with Crippen molar-refractivity contribution in [2.24, 2.45) is 5.92 Å². The molecule has 0 spiro atoms. The molecular weight excluding hydrogens is 180 g/mol. The van der Waals surface area contributed by atoms with E-state index in [9.17, 15) is 0 Å². The molecule has 0 N–H and O–H groups in total. The minimum Gasteiger partial charge on any atom is -0.0732 e. The minimum absolute atomic E-state index is 0.491. The monoisotopic (exact) mass is 192 g/mol. The van der Waals surface area contributed by atoms with Crippen molar-refractivity contribution < 1.29 is 0 Å². The molecule has 0 heteroatoms. The van der Waals surface area contributed by atoms with E-state index in [1.165, 1.54) is 16.7 Å². The highest BCUT2D eigenvalue weighted by Crippen LogP contribution is 2.33. The topological polar surface area (TPSA) is 0 Å². The molecule has 1 atom stereocenters. The van der Waals surface area contributed by atoms with Crippen LogP contribution in [-0.4, -0.2) is 0 Å². The van der Waals surface area contributed by atoms with Crippen LogP contribution >= 0.6 is 0 Å². The van der Waals surface area contributed by atoms with Gasteiger partial charge in [-0.25, -0.2) is 0 Å². The standard InChI is InChI=1S/C15H12/c1-2-6-12(7-3-1)15-10-13-8-4-5-9-14(13)11-15/h1-11,13H. The van der Waals surface area contributed by atoms with Crippen LogP contribution in [0.5, 0.6) is 0 Å². The van der Waals surface area contributed by atoms with Gasteiger partial charge in [0.05, 0.1) is 0 Å². The Labute approximate surface area is 89.9 Å².